The summed E-state index contributed by atoms with van der Waals surface area (Å²) < 4.78 is 0. The molecule has 1 aromatic rings. The Balaban J connectivity index is 2.76. The Morgan fingerprint density at radius 3 is 3.00 bits per heavy atom. The van der Waals surface area contributed by atoms with Crippen LogP contribution in [0.25, 0.3) is 0 Å². The molecule has 0 radical (unpaired) electrons. The first-order valence-corrected chi connectivity index (χ1v) is 4.06. The Hall–Kier alpha value is -1.13. The lowest BCUT2D eigenvalue weighted by molar-refractivity contribution is -0.137. The van der Waals surface area contributed by atoms with Gasteiger partial charge in [0.1, 0.15) is 5.15 Å². The summed E-state index contributed by atoms with van der Waals surface area (Å²) in [6.45, 7) is 0. The minimum Gasteiger partial charge on any atom is -0.481 e. The maximum atomic E-state index is 10.3. The first-order valence-electron chi connectivity index (χ1n) is 3.68. The molecule has 1 unspecified atom stereocenters. The molecule has 1 rings (SSSR count). The quantitative estimate of drug-likeness (QED) is 0.720. The van der Waals surface area contributed by atoms with E-state index in [1.54, 1.807) is 12.1 Å². The highest BCUT2D eigenvalue weighted by molar-refractivity contribution is 6.29. The lowest BCUT2D eigenvalue weighted by atomic mass is 10.1. The third-order valence-electron chi connectivity index (χ3n) is 1.57. The number of nitrogens with two attached hydrogens (primary N) is 1. The van der Waals surface area contributed by atoms with Crippen molar-refractivity contribution < 1.29 is 9.90 Å². The van der Waals surface area contributed by atoms with Gasteiger partial charge in [0.25, 0.3) is 0 Å². The highest BCUT2D eigenvalue weighted by Crippen LogP contribution is 2.16. The van der Waals surface area contributed by atoms with Gasteiger partial charge in [-0.05, 0) is 17.7 Å². The molecule has 1 atom stereocenters. The van der Waals surface area contributed by atoms with E-state index in [0.29, 0.717) is 10.7 Å². The Kier molecular flexibility index (Phi) is 3.22. The Morgan fingerprint density at radius 2 is 2.46 bits per heavy atom. The molecule has 0 amide bonds. The molecular formula is C8H9ClN2O2. The number of nitrogens with zero attached hydrogens (tertiary/aromatic N) is 1. The summed E-state index contributed by atoms with van der Waals surface area (Å²) in [5.41, 5.74) is 6.28. The van der Waals surface area contributed by atoms with Gasteiger partial charge >= 0.3 is 5.97 Å². The molecule has 0 aliphatic heterocycles. The van der Waals surface area contributed by atoms with E-state index in [0.717, 1.165) is 0 Å². The number of carbonyl (C=O) groups is 1. The van der Waals surface area contributed by atoms with Gasteiger partial charge in [-0.1, -0.05) is 11.6 Å². The van der Waals surface area contributed by atoms with Crippen molar-refractivity contribution in [2.45, 2.75) is 12.5 Å². The number of halogens is 1. The molecule has 70 valence electrons. The van der Waals surface area contributed by atoms with Crippen molar-refractivity contribution in [3.63, 3.8) is 0 Å². The van der Waals surface area contributed by atoms with E-state index in [9.17, 15) is 4.79 Å². The number of pyridine rings is 1. The Labute approximate surface area is 80.3 Å². The molecule has 0 aliphatic carbocycles. The smallest absolute Gasteiger partial charge is 0.305 e. The van der Waals surface area contributed by atoms with Crippen molar-refractivity contribution in [2.75, 3.05) is 0 Å². The predicted octanol–water partition coefficient (Wildman–Crippen LogP) is 1.21. The molecule has 0 bridgehead atoms. The monoisotopic (exact) mass is 200 g/mol. The molecule has 3 N–H and O–H groups in total. The van der Waals surface area contributed by atoms with Crippen LogP contribution in [0.2, 0.25) is 5.15 Å². The van der Waals surface area contributed by atoms with E-state index in [1.165, 1.54) is 6.20 Å². The molecule has 0 spiro atoms. The normalized spacial score (nSPS) is 12.5. The molecule has 13 heavy (non-hydrogen) atoms. The summed E-state index contributed by atoms with van der Waals surface area (Å²) in [6, 6.07) is 2.69. The van der Waals surface area contributed by atoms with Crippen molar-refractivity contribution in [2.24, 2.45) is 5.73 Å². The molecule has 0 aliphatic rings. The van der Waals surface area contributed by atoms with Crippen LogP contribution in [-0.4, -0.2) is 16.1 Å². The number of hydrogen-bond donors (Lipinski definition) is 2. The molecule has 1 heterocycles. The van der Waals surface area contributed by atoms with Crippen LogP contribution in [0, 0.1) is 0 Å². The number of carboxylic acids is 1. The minimum absolute atomic E-state index is 0.111. The summed E-state index contributed by atoms with van der Waals surface area (Å²) in [5.74, 6) is -0.930. The second-order valence-electron chi connectivity index (χ2n) is 2.62. The van der Waals surface area contributed by atoms with Gasteiger partial charge in [-0.25, -0.2) is 4.98 Å². The second-order valence-corrected chi connectivity index (χ2v) is 3.00. The first-order chi connectivity index (χ1) is 6.09. The number of aromatic nitrogens is 1. The zero-order valence-corrected chi connectivity index (χ0v) is 7.53. The zero-order valence-electron chi connectivity index (χ0n) is 6.77. The van der Waals surface area contributed by atoms with Crippen molar-refractivity contribution >= 4 is 17.6 Å². The minimum atomic E-state index is -0.930. The molecule has 5 heteroatoms. The van der Waals surface area contributed by atoms with Crippen LogP contribution in [-0.2, 0) is 4.79 Å². The van der Waals surface area contributed by atoms with Crippen molar-refractivity contribution in [3.8, 4) is 0 Å². The number of hydrogen-bond acceptors (Lipinski definition) is 3. The average molecular weight is 201 g/mol. The van der Waals surface area contributed by atoms with Gasteiger partial charge < -0.3 is 10.8 Å². The first kappa shape index (κ1) is 9.95. The maximum Gasteiger partial charge on any atom is 0.305 e. The maximum absolute atomic E-state index is 10.3. The fraction of sp³-hybridized carbons (Fsp3) is 0.250. The number of aliphatic carboxylic acids is 1. The van der Waals surface area contributed by atoms with Crippen LogP contribution in [0.3, 0.4) is 0 Å². The third-order valence-corrected chi connectivity index (χ3v) is 1.78. The molecule has 0 fully saturated rings. The highest BCUT2D eigenvalue weighted by Gasteiger charge is 2.10. The van der Waals surface area contributed by atoms with Gasteiger partial charge in [-0.2, -0.15) is 0 Å². The fourth-order valence-corrected chi connectivity index (χ4v) is 1.14. The predicted molar refractivity (Wildman–Crippen MR) is 48.4 cm³/mol. The van der Waals surface area contributed by atoms with Gasteiger partial charge in [0.05, 0.1) is 6.42 Å². The highest BCUT2D eigenvalue weighted by atomic mass is 35.5. The zero-order chi connectivity index (χ0) is 9.84. The standard InChI is InChI=1S/C8H9ClN2O2/c9-7-3-5(1-2-11-7)6(10)4-8(12)13/h1-3,6H,4,10H2,(H,12,13). The van der Waals surface area contributed by atoms with E-state index in [1.807, 2.05) is 0 Å². The average Bonchev–Trinajstić information content (AvgIpc) is 2.03. The summed E-state index contributed by atoms with van der Waals surface area (Å²) in [5, 5.41) is 8.80. The molecule has 0 saturated heterocycles. The summed E-state index contributed by atoms with van der Waals surface area (Å²) in [7, 11) is 0. The van der Waals surface area contributed by atoms with E-state index in [-0.39, 0.29) is 6.42 Å². The molecule has 0 saturated carbocycles. The van der Waals surface area contributed by atoms with Crippen molar-refractivity contribution in [1.82, 2.24) is 4.98 Å². The largest absolute Gasteiger partial charge is 0.481 e. The van der Waals surface area contributed by atoms with Gasteiger partial charge in [0.15, 0.2) is 0 Å². The van der Waals surface area contributed by atoms with Crippen molar-refractivity contribution in [3.05, 3.63) is 29.0 Å². The lowest BCUT2D eigenvalue weighted by Gasteiger charge is -2.08. The van der Waals surface area contributed by atoms with Gasteiger partial charge in [0.2, 0.25) is 0 Å². The molecular weight excluding hydrogens is 192 g/mol. The van der Waals surface area contributed by atoms with Crippen LogP contribution in [0.5, 0.6) is 0 Å². The van der Waals surface area contributed by atoms with E-state index >= 15 is 0 Å². The lowest BCUT2D eigenvalue weighted by Crippen LogP contribution is -2.14. The van der Waals surface area contributed by atoms with Gasteiger partial charge in [-0.3, -0.25) is 4.79 Å². The van der Waals surface area contributed by atoms with Crippen LogP contribution in [0.15, 0.2) is 18.3 Å². The molecule has 0 aromatic carbocycles. The van der Waals surface area contributed by atoms with Gasteiger partial charge in [0, 0.05) is 12.2 Å². The summed E-state index contributed by atoms with van der Waals surface area (Å²) >= 11 is 5.61. The topological polar surface area (TPSA) is 76.2 Å². The van der Waals surface area contributed by atoms with E-state index in [2.05, 4.69) is 4.98 Å². The molecule has 1 aromatic heterocycles. The second kappa shape index (κ2) is 4.20. The van der Waals surface area contributed by atoms with Crippen molar-refractivity contribution in [1.29, 1.82) is 0 Å². The van der Waals surface area contributed by atoms with E-state index < -0.39 is 12.0 Å². The number of rotatable bonds is 3. The van der Waals surface area contributed by atoms with Crippen LogP contribution >= 0.6 is 11.6 Å². The Morgan fingerprint density at radius 1 is 1.77 bits per heavy atom. The molecule has 4 nitrogen and oxygen atoms in total. The third kappa shape index (κ3) is 3.01. The summed E-state index contributed by atoms with van der Waals surface area (Å²) in [6.07, 6.45) is 1.39. The Bertz CT molecular complexity index is 317. The SMILES string of the molecule is NC(CC(=O)O)c1ccnc(Cl)c1. The van der Waals surface area contributed by atoms with E-state index in [4.69, 9.17) is 22.4 Å². The fourth-order valence-electron chi connectivity index (χ4n) is 0.954. The number of carboxylic acid groups (broad SMARTS) is 1. The van der Waals surface area contributed by atoms with Crippen LogP contribution in [0.4, 0.5) is 0 Å². The van der Waals surface area contributed by atoms with Gasteiger partial charge in [-0.15, -0.1) is 0 Å². The van der Waals surface area contributed by atoms with Crippen LogP contribution < -0.4 is 5.73 Å². The summed E-state index contributed by atoms with van der Waals surface area (Å²) in [4.78, 5) is 14.1. The van der Waals surface area contributed by atoms with Crippen LogP contribution in [0.1, 0.15) is 18.0 Å².